The summed E-state index contributed by atoms with van der Waals surface area (Å²) in [6.07, 6.45) is 13.5. The van der Waals surface area contributed by atoms with E-state index in [1.165, 1.54) is 139 Å². The van der Waals surface area contributed by atoms with Crippen molar-refractivity contribution in [2.24, 2.45) is 5.92 Å². The van der Waals surface area contributed by atoms with E-state index in [-0.39, 0.29) is 33.5 Å². The zero-order chi connectivity index (χ0) is 94.2. The lowest BCUT2D eigenvalue weighted by atomic mass is 9.66. The van der Waals surface area contributed by atoms with Crippen LogP contribution in [0.1, 0.15) is 177 Å². The Balaban J connectivity index is 0.627. The van der Waals surface area contributed by atoms with Crippen LogP contribution in [-0.2, 0) is 32.5 Å². The number of furan rings is 2. The second-order valence-electron chi connectivity index (χ2n) is 42.9. The molecule has 1 spiro atoms. The number of nitrogens with zero attached hydrogens (tertiary/aromatic N) is 2. The molecule has 19 aromatic rings. The molecule has 2 unspecified atom stereocenters. The summed E-state index contributed by atoms with van der Waals surface area (Å²) in [6.45, 7) is 23.8. The average molecular weight is 1800 g/mol. The molecule has 17 aromatic carbocycles. The number of fused-ring (bicyclic) bond motifs is 23. The van der Waals surface area contributed by atoms with Gasteiger partial charge in [0.05, 0.1) is 27.9 Å². The standard InChI is InChI=1S/C136H104N2O2/c1-131(2,3)87-68-73-96-97-74-69-88(132(4,5)6)80-118(97)136(117(96)79-87)113-59-26-17-43-94(113)98-75-70-90(81-120(98)136)137(121-62-27-20-44-100(121)104-52-34-60-114-126(104)108-48-18-24-57-111(108)133(114,7)8)89-42-31-37-83(77-89)93-51-32-56-110-128-92(50-36-66-125(128)140-129(93)110)84-67-72-95-99-76-71-91(82-119(99)135(116(95)78-84,85-38-13-11-14-39-85)86-40-15-12-16-41-86)138(123-64-29-22-46-102(123)106-54-33-55-107-103-47-23-30-65-124(103)139-130(106)107)122-63-28-21-45-101(122)105-53-35-61-115-127(105)109-49-19-25-58-112(109)134(115,9)10/h11-34,36-52,54-70,72-75,77-82,114,126H,71,76H2,1-10H3. The third-order valence-corrected chi connectivity index (χ3v) is 32.8. The van der Waals surface area contributed by atoms with Crippen molar-refractivity contribution in [1.82, 2.24) is 0 Å². The first-order chi connectivity index (χ1) is 68.2. The van der Waals surface area contributed by atoms with Gasteiger partial charge in [-0.2, -0.15) is 0 Å². The van der Waals surface area contributed by atoms with E-state index >= 15 is 0 Å². The van der Waals surface area contributed by atoms with Crippen LogP contribution < -0.4 is 9.80 Å². The largest absolute Gasteiger partial charge is 0.455 e. The normalized spacial score (nSPS) is 17.0. The Labute approximate surface area is 819 Å². The fraction of sp³-hybridized carbons (Fsp3) is 0.147. The fourth-order valence-corrected chi connectivity index (χ4v) is 26.3. The van der Waals surface area contributed by atoms with Crippen LogP contribution in [0.15, 0.2) is 450 Å². The van der Waals surface area contributed by atoms with E-state index in [1.807, 2.05) is 0 Å². The third-order valence-electron chi connectivity index (χ3n) is 32.8. The maximum atomic E-state index is 7.56. The highest BCUT2D eigenvalue weighted by Crippen LogP contribution is 2.67. The van der Waals surface area contributed by atoms with Crippen LogP contribution >= 0.6 is 0 Å². The van der Waals surface area contributed by atoms with Crippen molar-refractivity contribution in [3.63, 3.8) is 0 Å². The molecule has 0 amide bonds. The topological polar surface area (TPSA) is 32.8 Å². The minimum Gasteiger partial charge on any atom is -0.455 e. The van der Waals surface area contributed by atoms with Gasteiger partial charge in [0, 0.05) is 88.9 Å². The molecule has 0 N–H and O–H groups in total. The molecule has 0 saturated heterocycles. The van der Waals surface area contributed by atoms with Gasteiger partial charge in [-0.3, -0.25) is 0 Å². The van der Waals surface area contributed by atoms with Crippen LogP contribution in [-0.4, -0.2) is 0 Å². The van der Waals surface area contributed by atoms with E-state index in [2.05, 4.69) is 503 Å². The summed E-state index contributed by atoms with van der Waals surface area (Å²) in [5.74, 6) is 0.398. The Morgan fingerprint density at radius 3 is 1.59 bits per heavy atom. The molecule has 2 aromatic heterocycles. The monoisotopic (exact) mass is 1800 g/mol. The molecule has 27 rings (SSSR count). The molecule has 0 aliphatic heterocycles. The van der Waals surface area contributed by atoms with E-state index in [1.54, 1.807) is 0 Å². The number of rotatable bonds is 13. The highest BCUT2D eigenvalue weighted by molar-refractivity contribution is 6.18. The third kappa shape index (κ3) is 12.0. The zero-order valence-corrected chi connectivity index (χ0v) is 80.5. The molecule has 4 nitrogen and oxygen atoms in total. The van der Waals surface area contributed by atoms with Gasteiger partial charge in [0.1, 0.15) is 22.3 Å². The van der Waals surface area contributed by atoms with Gasteiger partial charge in [-0.15, -0.1) is 0 Å². The highest BCUT2D eigenvalue weighted by Gasteiger charge is 2.55. The van der Waals surface area contributed by atoms with Crippen molar-refractivity contribution >= 4 is 94.6 Å². The molecule has 8 aliphatic carbocycles. The second kappa shape index (κ2) is 30.7. The summed E-state index contributed by atoms with van der Waals surface area (Å²) in [5, 5.41) is 4.32. The van der Waals surface area contributed by atoms with E-state index in [0.717, 1.165) is 130 Å². The smallest absolute Gasteiger partial charge is 0.143 e. The van der Waals surface area contributed by atoms with Crippen molar-refractivity contribution in [2.45, 2.75) is 120 Å². The summed E-state index contributed by atoms with van der Waals surface area (Å²) >= 11 is 0. The number of allylic oxidation sites excluding steroid dienone is 12. The predicted octanol–water partition coefficient (Wildman–Crippen LogP) is 35.6. The first-order valence-electron chi connectivity index (χ1n) is 49.9. The lowest BCUT2D eigenvalue weighted by molar-refractivity contribution is 0.399. The Morgan fingerprint density at radius 1 is 0.350 bits per heavy atom. The van der Waals surface area contributed by atoms with Crippen molar-refractivity contribution in [1.29, 1.82) is 0 Å². The van der Waals surface area contributed by atoms with Crippen molar-refractivity contribution < 1.29 is 8.83 Å². The molecule has 4 heteroatoms. The molecule has 670 valence electrons. The summed E-state index contributed by atoms with van der Waals surface area (Å²) < 4.78 is 14.6. The van der Waals surface area contributed by atoms with Crippen LogP contribution in [0.5, 0.6) is 0 Å². The minimum atomic E-state index is -0.797. The number of benzene rings is 17. The fourth-order valence-electron chi connectivity index (χ4n) is 26.3. The van der Waals surface area contributed by atoms with E-state index in [9.17, 15) is 0 Å². The Bertz CT molecular complexity index is 8770. The Hall–Kier alpha value is -16.1. The Kier molecular flexibility index (Phi) is 18.3. The molecule has 2 heterocycles. The lowest BCUT2D eigenvalue weighted by Gasteiger charge is -2.38. The number of anilines is 5. The van der Waals surface area contributed by atoms with Gasteiger partial charge in [-0.1, -0.05) is 420 Å². The maximum absolute atomic E-state index is 7.56. The van der Waals surface area contributed by atoms with Crippen LogP contribution in [0.2, 0.25) is 0 Å². The minimum absolute atomic E-state index is 0.0895. The predicted molar refractivity (Wildman–Crippen MR) is 582 cm³/mol. The van der Waals surface area contributed by atoms with Crippen LogP contribution in [0.25, 0.3) is 122 Å². The maximum Gasteiger partial charge on any atom is 0.143 e. The highest BCUT2D eigenvalue weighted by atomic mass is 16.3. The quantitative estimate of drug-likeness (QED) is 0.108. The SMILES string of the molecule is CC(C)(C)c1ccc2c(c1)C1(c3ccccc3-c3ccc(N(c4cccc(-c5cccc6c5oc5cccc(-c7ccc8c(c7)C(c7ccccc7)(c7ccccc7)C7=C8CCC(N(c8ccccc8C8=C=C=CC9=C8c8ccccc8C9(C)C)c8ccccc8-c8cccc9c8oc8ccccc89)=C7)c56)c4)c4ccccc4C4=CC=CC5C4c4ccccc4C5(C)C)cc31)c1cc(C(C)(C)C)ccc1-2. The van der Waals surface area contributed by atoms with Crippen molar-refractivity contribution in [3.05, 3.63) is 530 Å². The van der Waals surface area contributed by atoms with E-state index in [0.29, 0.717) is 0 Å². The van der Waals surface area contributed by atoms with Crippen molar-refractivity contribution in [2.75, 3.05) is 9.80 Å². The molecular weight excluding hydrogens is 1690 g/mol. The van der Waals surface area contributed by atoms with Crippen LogP contribution in [0.3, 0.4) is 0 Å². The average Bonchev–Trinajstić information content (AvgIpc) is 1.50. The lowest BCUT2D eigenvalue weighted by Crippen LogP contribution is -2.31. The number of hydrogen-bond acceptors (Lipinski definition) is 4. The van der Waals surface area contributed by atoms with Gasteiger partial charge in [0.25, 0.3) is 0 Å². The first-order valence-corrected chi connectivity index (χ1v) is 49.9. The molecule has 140 heavy (non-hydrogen) atoms. The summed E-state index contributed by atoms with van der Waals surface area (Å²) in [6, 6.07) is 145. The second-order valence-corrected chi connectivity index (χ2v) is 42.9. The van der Waals surface area contributed by atoms with Gasteiger partial charge in [0.15, 0.2) is 0 Å². The van der Waals surface area contributed by atoms with Crippen molar-refractivity contribution in [3.8, 4) is 55.6 Å². The summed E-state index contributed by atoms with van der Waals surface area (Å²) in [7, 11) is 0. The molecule has 0 fully saturated rings. The molecular formula is C136H104N2O2. The van der Waals surface area contributed by atoms with Gasteiger partial charge >= 0.3 is 0 Å². The van der Waals surface area contributed by atoms with Crippen LogP contribution in [0, 0.1) is 5.92 Å². The first kappa shape index (κ1) is 83.3. The Morgan fingerprint density at radius 2 is 0.864 bits per heavy atom. The molecule has 0 bridgehead atoms. The van der Waals surface area contributed by atoms with Gasteiger partial charge < -0.3 is 18.6 Å². The molecule has 2 atom stereocenters. The number of hydrogen-bond donors (Lipinski definition) is 0. The molecule has 0 saturated carbocycles. The van der Waals surface area contributed by atoms with Gasteiger partial charge in [0.2, 0.25) is 0 Å². The molecule has 8 aliphatic rings. The van der Waals surface area contributed by atoms with Gasteiger partial charge in [-0.05, 0) is 247 Å². The van der Waals surface area contributed by atoms with E-state index in [4.69, 9.17) is 8.83 Å². The zero-order valence-electron chi connectivity index (χ0n) is 80.5. The van der Waals surface area contributed by atoms with E-state index < -0.39 is 10.8 Å². The van der Waals surface area contributed by atoms with Crippen LogP contribution in [0.4, 0.5) is 28.4 Å². The molecule has 0 radical (unpaired) electrons. The summed E-state index contributed by atoms with van der Waals surface area (Å²) in [5.41, 5.74) is 54.9. The van der Waals surface area contributed by atoms with Gasteiger partial charge in [-0.25, -0.2) is 0 Å². The number of para-hydroxylation sites is 6. The summed E-state index contributed by atoms with van der Waals surface area (Å²) in [4.78, 5) is 5.20.